The molecular formula is C27H24N4O5. The zero-order valence-electron chi connectivity index (χ0n) is 19.6. The molecule has 182 valence electrons. The SMILES string of the molecule is CC(=O)n1c(O)c(C(=Nc2ccc(N3CCOCC3)cc2)c2ccccc2)c2ccc([N+](=O)[O-])cc21. The number of rotatable bonds is 5. The third-order valence-corrected chi connectivity index (χ3v) is 6.20. The van der Waals surface area contributed by atoms with Crippen molar-refractivity contribution in [3.63, 3.8) is 0 Å². The molecule has 1 fully saturated rings. The summed E-state index contributed by atoms with van der Waals surface area (Å²) in [5.74, 6) is -0.780. The van der Waals surface area contributed by atoms with Gasteiger partial charge in [0.2, 0.25) is 11.8 Å². The number of nitro benzene ring substituents is 1. The average molecular weight is 485 g/mol. The predicted molar refractivity (Wildman–Crippen MR) is 138 cm³/mol. The second-order valence-electron chi connectivity index (χ2n) is 8.45. The summed E-state index contributed by atoms with van der Waals surface area (Å²) in [7, 11) is 0. The highest BCUT2D eigenvalue weighted by Crippen LogP contribution is 2.36. The van der Waals surface area contributed by atoms with E-state index in [4.69, 9.17) is 9.73 Å². The van der Waals surface area contributed by atoms with Crippen LogP contribution in [0.5, 0.6) is 5.88 Å². The van der Waals surface area contributed by atoms with Crippen molar-refractivity contribution in [2.75, 3.05) is 31.2 Å². The predicted octanol–water partition coefficient (Wildman–Crippen LogP) is 4.92. The zero-order valence-corrected chi connectivity index (χ0v) is 19.6. The number of morpholine rings is 1. The van der Waals surface area contributed by atoms with Crippen molar-refractivity contribution >= 4 is 39.6 Å². The van der Waals surface area contributed by atoms with Crippen molar-refractivity contribution in [2.24, 2.45) is 4.99 Å². The minimum Gasteiger partial charge on any atom is -0.494 e. The minimum atomic E-state index is -0.532. The van der Waals surface area contributed by atoms with Gasteiger partial charge in [0.15, 0.2) is 0 Å². The molecule has 1 N–H and O–H groups in total. The summed E-state index contributed by atoms with van der Waals surface area (Å²) < 4.78 is 6.51. The number of carbonyl (C=O) groups excluding carboxylic acids is 1. The van der Waals surface area contributed by atoms with Gasteiger partial charge in [0.25, 0.3) is 5.69 Å². The monoisotopic (exact) mass is 484 g/mol. The van der Waals surface area contributed by atoms with Gasteiger partial charge in [-0.1, -0.05) is 30.3 Å². The molecule has 1 aliphatic rings. The summed E-state index contributed by atoms with van der Waals surface area (Å²) in [5.41, 5.74) is 3.31. The normalized spacial score (nSPS) is 14.2. The van der Waals surface area contributed by atoms with Crippen molar-refractivity contribution in [3.8, 4) is 5.88 Å². The van der Waals surface area contributed by atoms with Crippen LogP contribution in [-0.4, -0.2) is 52.5 Å². The molecule has 4 aromatic rings. The van der Waals surface area contributed by atoms with E-state index in [1.165, 1.54) is 19.1 Å². The minimum absolute atomic E-state index is 0.175. The van der Waals surface area contributed by atoms with Gasteiger partial charge in [-0.05, 0) is 30.3 Å². The Morgan fingerprint density at radius 1 is 1.03 bits per heavy atom. The number of ether oxygens (including phenoxy) is 1. The van der Waals surface area contributed by atoms with Crippen molar-refractivity contribution in [1.29, 1.82) is 0 Å². The first-order valence-corrected chi connectivity index (χ1v) is 11.5. The van der Waals surface area contributed by atoms with Crippen LogP contribution < -0.4 is 4.90 Å². The molecule has 0 amide bonds. The van der Waals surface area contributed by atoms with E-state index in [1.807, 2.05) is 54.6 Å². The highest BCUT2D eigenvalue weighted by atomic mass is 16.6. The summed E-state index contributed by atoms with van der Waals surface area (Å²) in [6.45, 7) is 4.32. The molecule has 1 saturated heterocycles. The maximum atomic E-state index is 12.5. The molecule has 0 unspecified atom stereocenters. The molecule has 3 aromatic carbocycles. The third kappa shape index (κ3) is 4.32. The van der Waals surface area contributed by atoms with Gasteiger partial charge in [-0.25, -0.2) is 9.56 Å². The van der Waals surface area contributed by atoms with E-state index in [-0.39, 0.29) is 17.1 Å². The van der Waals surface area contributed by atoms with Crippen LogP contribution in [0.2, 0.25) is 0 Å². The lowest BCUT2D eigenvalue weighted by atomic mass is 10.0. The zero-order chi connectivity index (χ0) is 25.2. The molecule has 0 bridgehead atoms. The maximum absolute atomic E-state index is 12.5. The highest BCUT2D eigenvalue weighted by molar-refractivity contribution is 6.23. The van der Waals surface area contributed by atoms with E-state index in [1.54, 1.807) is 6.07 Å². The first-order valence-electron chi connectivity index (χ1n) is 11.5. The Hall–Kier alpha value is -4.50. The van der Waals surface area contributed by atoms with E-state index >= 15 is 0 Å². The molecule has 0 saturated carbocycles. The number of nitrogens with zero attached hydrogens (tertiary/aromatic N) is 4. The number of nitro groups is 1. The molecule has 9 heteroatoms. The van der Waals surface area contributed by atoms with Crippen LogP contribution in [0.15, 0.2) is 77.8 Å². The third-order valence-electron chi connectivity index (χ3n) is 6.20. The fourth-order valence-electron chi connectivity index (χ4n) is 4.48. The van der Waals surface area contributed by atoms with Crippen molar-refractivity contribution in [1.82, 2.24) is 4.57 Å². The largest absolute Gasteiger partial charge is 0.494 e. The number of carbonyl (C=O) groups is 1. The Balaban J connectivity index is 1.68. The fourth-order valence-corrected chi connectivity index (χ4v) is 4.48. The Bertz CT molecular complexity index is 1470. The maximum Gasteiger partial charge on any atom is 0.271 e. The summed E-state index contributed by atoms with van der Waals surface area (Å²) in [4.78, 5) is 30.4. The Morgan fingerprint density at radius 2 is 1.72 bits per heavy atom. The van der Waals surface area contributed by atoms with E-state index in [0.29, 0.717) is 35.6 Å². The first kappa shape index (κ1) is 23.3. The molecule has 2 heterocycles. The van der Waals surface area contributed by atoms with Crippen LogP contribution in [0, 0.1) is 10.1 Å². The van der Waals surface area contributed by atoms with Crippen LogP contribution in [0.4, 0.5) is 17.1 Å². The lowest BCUT2D eigenvalue weighted by molar-refractivity contribution is -0.384. The van der Waals surface area contributed by atoms with Crippen molar-refractivity contribution in [2.45, 2.75) is 6.92 Å². The van der Waals surface area contributed by atoms with E-state index < -0.39 is 10.8 Å². The Morgan fingerprint density at radius 3 is 2.36 bits per heavy atom. The van der Waals surface area contributed by atoms with Gasteiger partial charge >= 0.3 is 0 Å². The molecular weight excluding hydrogens is 460 g/mol. The van der Waals surface area contributed by atoms with Gasteiger partial charge in [0.05, 0.1) is 40.6 Å². The number of non-ortho nitro benzene ring substituents is 1. The number of hydrogen-bond donors (Lipinski definition) is 1. The van der Waals surface area contributed by atoms with E-state index in [2.05, 4.69) is 4.90 Å². The van der Waals surface area contributed by atoms with Crippen LogP contribution in [-0.2, 0) is 4.74 Å². The molecule has 36 heavy (non-hydrogen) atoms. The summed E-state index contributed by atoms with van der Waals surface area (Å²) in [6, 6.07) is 21.3. The molecule has 9 nitrogen and oxygen atoms in total. The van der Waals surface area contributed by atoms with Gasteiger partial charge in [-0.3, -0.25) is 14.9 Å². The van der Waals surface area contributed by atoms with Crippen LogP contribution >= 0.6 is 0 Å². The number of aliphatic imine (C=N–C) groups is 1. The van der Waals surface area contributed by atoms with Gasteiger partial charge < -0.3 is 14.7 Å². The fraction of sp³-hybridized carbons (Fsp3) is 0.185. The topological polar surface area (TPSA) is 110 Å². The second kappa shape index (κ2) is 9.63. The Kier molecular flexibility index (Phi) is 6.22. The smallest absolute Gasteiger partial charge is 0.271 e. The molecule has 1 aliphatic heterocycles. The number of anilines is 1. The van der Waals surface area contributed by atoms with Crippen LogP contribution in [0.3, 0.4) is 0 Å². The van der Waals surface area contributed by atoms with Gasteiger partial charge in [0.1, 0.15) is 0 Å². The molecule has 5 rings (SSSR count). The van der Waals surface area contributed by atoms with E-state index in [9.17, 15) is 20.0 Å². The molecule has 0 aliphatic carbocycles. The van der Waals surface area contributed by atoms with Crippen molar-refractivity contribution < 1.29 is 19.6 Å². The van der Waals surface area contributed by atoms with Crippen LogP contribution in [0.25, 0.3) is 10.9 Å². The van der Waals surface area contributed by atoms with Crippen molar-refractivity contribution in [3.05, 3.63) is 94.0 Å². The molecule has 0 spiro atoms. The lowest BCUT2D eigenvalue weighted by Crippen LogP contribution is -2.36. The molecule has 0 atom stereocenters. The number of hydrogen-bond acceptors (Lipinski definition) is 7. The number of fused-ring (bicyclic) bond motifs is 1. The van der Waals surface area contributed by atoms with Gasteiger partial charge in [-0.15, -0.1) is 0 Å². The number of aromatic nitrogens is 1. The number of benzene rings is 3. The second-order valence-corrected chi connectivity index (χ2v) is 8.45. The van der Waals surface area contributed by atoms with Gasteiger partial charge in [0, 0.05) is 48.8 Å². The number of aromatic hydroxyl groups is 1. The average Bonchev–Trinajstić information content (AvgIpc) is 3.19. The molecule has 0 radical (unpaired) electrons. The summed E-state index contributed by atoms with van der Waals surface area (Å²) in [5, 5.41) is 23.1. The van der Waals surface area contributed by atoms with E-state index in [0.717, 1.165) is 28.9 Å². The van der Waals surface area contributed by atoms with Gasteiger partial charge in [-0.2, -0.15) is 0 Å². The summed E-state index contributed by atoms with van der Waals surface area (Å²) in [6.07, 6.45) is 0. The molecule has 1 aromatic heterocycles. The summed E-state index contributed by atoms with van der Waals surface area (Å²) >= 11 is 0. The standard InChI is InChI=1S/C27H24N4O5/c1-18(32)30-24-17-22(31(34)35)11-12-23(24)25(27(30)33)26(19-5-3-2-4-6-19)28-20-7-9-21(10-8-20)29-13-15-36-16-14-29/h2-12,17,33H,13-16H2,1H3. The lowest BCUT2D eigenvalue weighted by Gasteiger charge is -2.28. The van der Waals surface area contributed by atoms with Crippen LogP contribution in [0.1, 0.15) is 22.8 Å². The highest BCUT2D eigenvalue weighted by Gasteiger charge is 2.25. The Labute approximate surface area is 207 Å². The first-order chi connectivity index (χ1) is 17.4. The quantitative estimate of drug-likeness (QED) is 0.245.